The monoisotopic (exact) mass is 351 g/mol. The minimum Gasteiger partial charge on any atom is -0.497 e. The van der Waals surface area contributed by atoms with Crippen LogP contribution in [0.5, 0.6) is 5.75 Å². The second-order valence-corrected chi connectivity index (χ2v) is 7.06. The van der Waals surface area contributed by atoms with Crippen molar-refractivity contribution in [2.45, 2.75) is 18.8 Å². The smallest absolute Gasteiger partial charge is 0.161 e. The second kappa shape index (κ2) is 7.23. The van der Waals surface area contributed by atoms with Crippen molar-refractivity contribution in [3.05, 3.63) is 58.9 Å². The zero-order valence-electron chi connectivity index (χ0n) is 14.3. The van der Waals surface area contributed by atoms with Crippen molar-refractivity contribution >= 4 is 17.2 Å². The Morgan fingerprint density at radius 3 is 2.56 bits per heavy atom. The summed E-state index contributed by atoms with van der Waals surface area (Å²) in [5, 5.41) is 4.46. The van der Waals surface area contributed by atoms with E-state index in [0.717, 1.165) is 36.0 Å². The van der Waals surface area contributed by atoms with E-state index < -0.39 is 0 Å². The van der Waals surface area contributed by atoms with Gasteiger partial charge in [0.2, 0.25) is 0 Å². The molecule has 0 amide bonds. The van der Waals surface area contributed by atoms with Gasteiger partial charge in [0.1, 0.15) is 11.6 Å². The standard InChI is InChI=1S/C20H21N3OS/c1-24-18-4-2-16(3-5-18)20-21-10-6-19(22-20)23-11-7-15(8-12-23)17-9-13-25-14-17/h2-6,9-10,13-15H,7-8,11-12H2,1H3. The Morgan fingerprint density at radius 2 is 1.88 bits per heavy atom. The SMILES string of the molecule is COc1ccc(-c2nccc(N3CCC(c4ccsc4)CC3)n2)cc1. The molecule has 0 unspecified atom stereocenters. The zero-order chi connectivity index (χ0) is 17.1. The summed E-state index contributed by atoms with van der Waals surface area (Å²) < 4.78 is 5.22. The minimum absolute atomic E-state index is 0.686. The van der Waals surface area contributed by atoms with E-state index in [0.29, 0.717) is 5.92 Å². The number of methoxy groups -OCH3 is 1. The Morgan fingerprint density at radius 1 is 1.08 bits per heavy atom. The van der Waals surface area contributed by atoms with Gasteiger partial charge in [-0.05, 0) is 71.5 Å². The van der Waals surface area contributed by atoms with Gasteiger partial charge in [-0.2, -0.15) is 11.3 Å². The lowest BCUT2D eigenvalue weighted by molar-refractivity contribution is 0.415. The molecule has 1 aromatic carbocycles. The van der Waals surface area contributed by atoms with Crippen LogP contribution >= 0.6 is 11.3 Å². The lowest BCUT2D eigenvalue weighted by Gasteiger charge is -2.32. The Labute approximate surface area is 152 Å². The number of hydrogen-bond donors (Lipinski definition) is 0. The van der Waals surface area contributed by atoms with Crippen LogP contribution in [0.15, 0.2) is 53.4 Å². The van der Waals surface area contributed by atoms with E-state index in [1.165, 1.54) is 18.4 Å². The maximum atomic E-state index is 5.22. The first-order chi connectivity index (χ1) is 12.3. The molecule has 0 atom stereocenters. The average molecular weight is 351 g/mol. The molecule has 5 heteroatoms. The van der Waals surface area contributed by atoms with Gasteiger partial charge in [0.15, 0.2) is 5.82 Å². The van der Waals surface area contributed by atoms with E-state index in [2.05, 4.69) is 26.7 Å². The minimum atomic E-state index is 0.686. The number of nitrogens with zero attached hydrogens (tertiary/aromatic N) is 3. The Bertz CT molecular complexity index is 809. The van der Waals surface area contributed by atoms with Gasteiger partial charge < -0.3 is 9.64 Å². The number of hydrogen-bond acceptors (Lipinski definition) is 5. The summed E-state index contributed by atoms with van der Waals surface area (Å²) in [5.41, 5.74) is 2.50. The molecular weight excluding hydrogens is 330 g/mol. The first-order valence-corrected chi connectivity index (χ1v) is 9.52. The highest BCUT2D eigenvalue weighted by Gasteiger charge is 2.22. The van der Waals surface area contributed by atoms with Crippen LogP contribution in [0.3, 0.4) is 0 Å². The third-order valence-corrected chi connectivity index (χ3v) is 5.52. The molecule has 0 spiro atoms. The van der Waals surface area contributed by atoms with Crippen LogP contribution in [0.25, 0.3) is 11.4 Å². The van der Waals surface area contributed by atoms with Gasteiger partial charge in [-0.25, -0.2) is 9.97 Å². The topological polar surface area (TPSA) is 38.2 Å². The third kappa shape index (κ3) is 3.51. The van der Waals surface area contributed by atoms with Crippen LogP contribution in [0, 0.1) is 0 Å². The maximum absolute atomic E-state index is 5.22. The predicted molar refractivity (Wildman–Crippen MR) is 103 cm³/mol. The fourth-order valence-corrected chi connectivity index (χ4v) is 4.10. The van der Waals surface area contributed by atoms with Crippen LogP contribution in [-0.4, -0.2) is 30.2 Å². The van der Waals surface area contributed by atoms with Crippen molar-refractivity contribution in [1.29, 1.82) is 0 Å². The van der Waals surface area contributed by atoms with E-state index in [1.807, 2.05) is 36.5 Å². The van der Waals surface area contributed by atoms with Crippen LogP contribution in [0.2, 0.25) is 0 Å². The largest absolute Gasteiger partial charge is 0.497 e. The molecule has 0 aliphatic carbocycles. The summed E-state index contributed by atoms with van der Waals surface area (Å²) >= 11 is 1.79. The highest BCUT2D eigenvalue weighted by Crippen LogP contribution is 2.31. The van der Waals surface area contributed by atoms with Gasteiger partial charge in [-0.1, -0.05) is 0 Å². The lowest BCUT2D eigenvalue weighted by Crippen LogP contribution is -2.33. The van der Waals surface area contributed by atoms with Crippen molar-refractivity contribution in [3.8, 4) is 17.1 Å². The molecule has 4 rings (SSSR count). The van der Waals surface area contributed by atoms with Gasteiger partial charge in [0.05, 0.1) is 7.11 Å². The number of piperidine rings is 1. The summed E-state index contributed by atoms with van der Waals surface area (Å²) in [7, 11) is 1.67. The number of thiophene rings is 1. The number of aromatic nitrogens is 2. The molecule has 128 valence electrons. The van der Waals surface area contributed by atoms with Crippen molar-refractivity contribution in [2.75, 3.05) is 25.1 Å². The molecule has 0 radical (unpaired) electrons. The zero-order valence-corrected chi connectivity index (χ0v) is 15.1. The molecule has 1 aliphatic heterocycles. The molecule has 1 saturated heterocycles. The molecule has 25 heavy (non-hydrogen) atoms. The normalized spacial score (nSPS) is 15.3. The molecule has 3 heterocycles. The van der Waals surface area contributed by atoms with Crippen LogP contribution < -0.4 is 9.64 Å². The first kappa shape index (κ1) is 16.1. The number of ether oxygens (including phenoxy) is 1. The van der Waals surface area contributed by atoms with Gasteiger partial charge in [0.25, 0.3) is 0 Å². The first-order valence-electron chi connectivity index (χ1n) is 8.58. The number of rotatable bonds is 4. The van der Waals surface area contributed by atoms with Crippen molar-refractivity contribution in [2.24, 2.45) is 0 Å². The molecular formula is C20H21N3OS. The highest BCUT2D eigenvalue weighted by atomic mass is 32.1. The van der Waals surface area contributed by atoms with E-state index in [-0.39, 0.29) is 0 Å². The molecule has 0 bridgehead atoms. The third-order valence-electron chi connectivity index (χ3n) is 4.82. The van der Waals surface area contributed by atoms with Crippen LogP contribution in [0.1, 0.15) is 24.3 Å². The fourth-order valence-electron chi connectivity index (χ4n) is 3.35. The molecule has 1 aliphatic rings. The van der Waals surface area contributed by atoms with Gasteiger partial charge in [-0.15, -0.1) is 0 Å². The summed E-state index contributed by atoms with van der Waals surface area (Å²) in [5.74, 6) is 3.31. The quantitative estimate of drug-likeness (QED) is 0.689. The molecule has 1 fully saturated rings. The van der Waals surface area contributed by atoms with Crippen molar-refractivity contribution in [3.63, 3.8) is 0 Å². The maximum Gasteiger partial charge on any atom is 0.161 e. The summed E-state index contributed by atoms with van der Waals surface area (Å²) in [6.45, 7) is 2.08. The number of benzene rings is 1. The molecule has 0 saturated carbocycles. The van der Waals surface area contributed by atoms with Crippen LogP contribution in [-0.2, 0) is 0 Å². The van der Waals surface area contributed by atoms with Gasteiger partial charge in [-0.3, -0.25) is 0 Å². The summed E-state index contributed by atoms with van der Waals surface area (Å²) in [4.78, 5) is 11.6. The fraction of sp³-hybridized carbons (Fsp3) is 0.300. The van der Waals surface area contributed by atoms with Crippen molar-refractivity contribution in [1.82, 2.24) is 9.97 Å². The Hall–Kier alpha value is -2.40. The Kier molecular flexibility index (Phi) is 4.65. The van der Waals surface area contributed by atoms with Crippen LogP contribution in [0.4, 0.5) is 5.82 Å². The summed E-state index contributed by atoms with van der Waals surface area (Å²) in [6, 6.07) is 12.2. The number of anilines is 1. The Balaban J connectivity index is 1.48. The van der Waals surface area contributed by atoms with E-state index in [1.54, 1.807) is 18.4 Å². The highest BCUT2D eigenvalue weighted by molar-refractivity contribution is 7.07. The lowest BCUT2D eigenvalue weighted by atomic mass is 9.91. The molecule has 3 aromatic rings. The summed E-state index contributed by atoms with van der Waals surface area (Å²) in [6.07, 6.45) is 4.21. The van der Waals surface area contributed by atoms with E-state index in [9.17, 15) is 0 Å². The van der Waals surface area contributed by atoms with Crippen molar-refractivity contribution < 1.29 is 4.74 Å². The molecule has 2 aromatic heterocycles. The molecule has 4 nitrogen and oxygen atoms in total. The van der Waals surface area contributed by atoms with E-state index >= 15 is 0 Å². The molecule has 0 N–H and O–H groups in total. The van der Waals surface area contributed by atoms with E-state index in [4.69, 9.17) is 9.72 Å². The van der Waals surface area contributed by atoms with Gasteiger partial charge >= 0.3 is 0 Å². The predicted octanol–water partition coefficient (Wildman–Crippen LogP) is 4.60. The van der Waals surface area contributed by atoms with Gasteiger partial charge in [0, 0.05) is 24.8 Å². The average Bonchev–Trinajstić information content (AvgIpc) is 3.23. The second-order valence-electron chi connectivity index (χ2n) is 6.28.